The van der Waals surface area contributed by atoms with Gasteiger partial charge in [0.25, 0.3) is 0 Å². The summed E-state index contributed by atoms with van der Waals surface area (Å²) < 4.78 is 0. The van der Waals surface area contributed by atoms with Gasteiger partial charge in [-0.15, -0.1) is 0 Å². The van der Waals surface area contributed by atoms with Crippen molar-refractivity contribution in [3.63, 3.8) is 0 Å². The first-order valence-electron chi connectivity index (χ1n) is 7.80. The molecule has 0 radical (unpaired) electrons. The van der Waals surface area contributed by atoms with Gasteiger partial charge in [-0.05, 0) is 24.3 Å². The smallest absolute Gasteiger partial charge is 0.0450 e. The van der Waals surface area contributed by atoms with Crippen LogP contribution in [0.1, 0.15) is 44.7 Å². The summed E-state index contributed by atoms with van der Waals surface area (Å²) in [5, 5.41) is 3.76. The van der Waals surface area contributed by atoms with Gasteiger partial charge in [0.15, 0.2) is 0 Å². The Hall–Kier alpha value is -0.860. The van der Waals surface area contributed by atoms with Crippen molar-refractivity contribution in [2.24, 2.45) is 5.92 Å². The van der Waals surface area contributed by atoms with E-state index < -0.39 is 0 Å². The zero-order valence-corrected chi connectivity index (χ0v) is 12.2. The van der Waals surface area contributed by atoms with Crippen molar-refractivity contribution < 1.29 is 0 Å². The van der Waals surface area contributed by atoms with E-state index in [1.807, 2.05) is 0 Å². The van der Waals surface area contributed by atoms with Crippen LogP contribution in [-0.4, -0.2) is 30.1 Å². The molecule has 1 aliphatic heterocycles. The second-order valence-electron chi connectivity index (χ2n) is 6.46. The number of nitrogens with zero attached hydrogens (tertiary/aromatic N) is 1. The Kier molecular flexibility index (Phi) is 3.90. The molecule has 1 aromatic carbocycles. The summed E-state index contributed by atoms with van der Waals surface area (Å²) in [7, 11) is 0. The van der Waals surface area contributed by atoms with Gasteiger partial charge in [-0.25, -0.2) is 0 Å². The van der Waals surface area contributed by atoms with E-state index in [4.69, 9.17) is 0 Å². The molecule has 1 saturated carbocycles. The van der Waals surface area contributed by atoms with Crippen molar-refractivity contribution >= 4 is 0 Å². The van der Waals surface area contributed by atoms with Crippen molar-refractivity contribution in [2.45, 2.75) is 51.2 Å². The Morgan fingerprint density at radius 3 is 2.47 bits per heavy atom. The molecule has 0 aromatic heterocycles. The molecule has 1 aliphatic carbocycles. The quantitative estimate of drug-likeness (QED) is 0.895. The van der Waals surface area contributed by atoms with Gasteiger partial charge in [-0.1, -0.05) is 50.6 Å². The monoisotopic (exact) mass is 258 g/mol. The van der Waals surface area contributed by atoms with E-state index in [-0.39, 0.29) is 0 Å². The van der Waals surface area contributed by atoms with E-state index in [0.717, 1.165) is 18.5 Å². The molecule has 0 spiro atoms. The minimum atomic E-state index is 0.511. The van der Waals surface area contributed by atoms with Gasteiger partial charge in [0.05, 0.1) is 0 Å². The fourth-order valence-corrected chi connectivity index (χ4v) is 3.46. The van der Waals surface area contributed by atoms with Crippen molar-refractivity contribution in [3.05, 3.63) is 35.9 Å². The predicted octanol–water partition coefficient (Wildman–Crippen LogP) is 3.21. The summed E-state index contributed by atoms with van der Waals surface area (Å²) in [6.45, 7) is 7.03. The van der Waals surface area contributed by atoms with Crippen LogP contribution in [0.15, 0.2) is 30.3 Å². The van der Waals surface area contributed by atoms with Crippen LogP contribution in [0.4, 0.5) is 0 Å². The number of nitrogens with one attached hydrogen (secondary N) is 1. The fraction of sp³-hybridized carbons (Fsp3) is 0.647. The van der Waals surface area contributed by atoms with Crippen molar-refractivity contribution in [1.82, 2.24) is 10.2 Å². The minimum Gasteiger partial charge on any atom is -0.307 e. The Morgan fingerprint density at radius 1 is 1.16 bits per heavy atom. The summed E-state index contributed by atoms with van der Waals surface area (Å²) in [5.74, 6) is 0.741. The third-order valence-corrected chi connectivity index (χ3v) is 4.91. The lowest BCUT2D eigenvalue weighted by Gasteiger charge is -2.49. The Labute approximate surface area is 117 Å². The molecule has 3 rings (SSSR count). The summed E-state index contributed by atoms with van der Waals surface area (Å²) in [4.78, 5) is 2.79. The summed E-state index contributed by atoms with van der Waals surface area (Å²) in [6, 6.07) is 13.0. The highest BCUT2D eigenvalue weighted by atomic mass is 15.3. The van der Waals surface area contributed by atoms with E-state index in [1.54, 1.807) is 0 Å². The minimum absolute atomic E-state index is 0.511. The van der Waals surface area contributed by atoms with E-state index in [9.17, 15) is 0 Å². The lowest BCUT2D eigenvalue weighted by Crippen LogP contribution is -2.59. The number of benzene rings is 1. The van der Waals surface area contributed by atoms with Gasteiger partial charge in [0.1, 0.15) is 0 Å². The van der Waals surface area contributed by atoms with Gasteiger partial charge < -0.3 is 5.32 Å². The second kappa shape index (κ2) is 5.64. The maximum absolute atomic E-state index is 3.76. The molecule has 19 heavy (non-hydrogen) atoms. The van der Waals surface area contributed by atoms with Crippen LogP contribution < -0.4 is 5.32 Å². The van der Waals surface area contributed by atoms with Gasteiger partial charge in [-0.3, -0.25) is 4.90 Å². The Bertz CT molecular complexity index is 397. The predicted molar refractivity (Wildman–Crippen MR) is 80.2 cm³/mol. The number of rotatable bonds is 3. The normalized spacial score (nSPS) is 29.4. The molecular weight excluding hydrogens is 232 g/mol. The van der Waals surface area contributed by atoms with E-state index >= 15 is 0 Å². The summed E-state index contributed by atoms with van der Waals surface area (Å²) in [5.41, 5.74) is 1.44. The number of hydrogen-bond acceptors (Lipinski definition) is 2. The summed E-state index contributed by atoms with van der Waals surface area (Å²) >= 11 is 0. The lowest BCUT2D eigenvalue weighted by molar-refractivity contribution is 0.0216. The fourth-order valence-electron chi connectivity index (χ4n) is 3.46. The van der Waals surface area contributed by atoms with Gasteiger partial charge in [0, 0.05) is 31.2 Å². The maximum Gasteiger partial charge on any atom is 0.0450 e. The van der Waals surface area contributed by atoms with E-state index in [2.05, 4.69) is 54.4 Å². The van der Waals surface area contributed by atoms with Crippen LogP contribution >= 0.6 is 0 Å². The first-order chi connectivity index (χ1) is 9.25. The Morgan fingerprint density at radius 2 is 1.89 bits per heavy atom. The zero-order chi connectivity index (χ0) is 13.2. The second-order valence-corrected chi connectivity index (χ2v) is 6.46. The highest BCUT2D eigenvalue weighted by Crippen LogP contribution is 2.32. The molecule has 0 amide bonds. The Balaban J connectivity index is 1.74. The molecule has 1 N–H and O–H groups in total. The zero-order valence-electron chi connectivity index (χ0n) is 12.2. The third kappa shape index (κ3) is 2.70. The number of hydrogen-bond donors (Lipinski definition) is 1. The standard InChI is InChI=1S/C17H26N2/c1-13(2)17-11-18-16(14-7-4-3-5-8-14)12-19(17)15-9-6-10-15/h3-5,7-8,13,15-18H,6,9-12H2,1-2H3. The van der Waals surface area contributed by atoms with Crippen LogP contribution in [0.25, 0.3) is 0 Å². The third-order valence-electron chi connectivity index (χ3n) is 4.91. The van der Waals surface area contributed by atoms with Gasteiger partial charge >= 0.3 is 0 Å². The molecule has 1 heterocycles. The molecule has 2 fully saturated rings. The van der Waals surface area contributed by atoms with E-state index in [1.165, 1.54) is 31.4 Å². The maximum atomic E-state index is 3.76. The highest BCUT2D eigenvalue weighted by molar-refractivity contribution is 5.20. The average Bonchev–Trinajstić information content (AvgIpc) is 2.37. The molecule has 104 valence electrons. The van der Waals surface area contributed by atoms with Crippen molar-refractivity contribution in [2.75, 3.05) is 13.1 Å². The van der Waals surface area contributed by atoms with Gasteiger partial charge in [-0.2, -0.15) is 0 Å². The van der Waals surface area contributed by atoms with Crippen LogP contribution in [-0.2, 0) is 0 Å². The molecule has 2 aliphatic rings. The topological polar surface area (TPSA) is 15.3 Å². The molecule has 2 nitrogen and oxygen atoms in total. The summed E-state index contributed by atoms with van der Waals surface area (Å²) in [6.07, 6.45) is 4.24. The molecule has 0 bridgehead atoms. The number of piperazine rings is 1. The first kappa shape index (κ1) is 13.1. The molecule has 2 unspecified atom stereocenters. The lowest BCUT2D eigenvalue weighted by atomic mass is 9.86. The van der Waals surface area contributed by atoms with Crippen molar-refractivity contribution in [1.29, 1.82) is 0 Å². The first-order valence-corrected chi connectivity index (χ1v) is 7.80. The van der Waals surface area contributed by atoms with E-state index in [0.29, 0.717) is 12.1 Å². The van der Waals surface area contributed by atoms with Crippen LogP contribution in [0.5, 0.6) is 0 Å². The molecule has 2 heteroatoms. The molecule has 2 atom stereocenters. The van der Waals surface area contributed by atoms with Crippen molar-refractivity contribution in [3.8, 4) is 0 Å². The van der Waals surface area contributed by atoms with Crippen LogP contribution in [0.3, 0.4) is 0 Å². The largest absolute Gasteiger partial charge is 0.307 e. The molecule has 1 saturated heterocycles. The van der Waals surface area contributed by atoms with Gasteiger partial charge in [0.2, 0.25) is 0 Å². The molecule has 1 aromatic rings. The average molecular weight is 258 g/mol. The van der Waals surface area contributed by atoms with Crippen LogP contribution in [0, 0.1) is 5.92 Å². The van der Waals surface area contributed by atoms with Crippen LogP contribution in [0.2, 0.25) is 0 Å². The molecular formula is C17H26N2. The SMILES string of the molecule is CC(C)C1CNC(c2ccccc2)CN1C1CCC1. The highest BCUT2D eigenvalue weighted by Gasteiger charge is 2.36.